The zero-order valence-electron chi connectivity index (χ0n) is 12.3. The summed E-state index contributed by atoms with van der Waals surface area (Å²) in [5.74, 6) is 0.614. The Bertz CT molecular complexity index is 547. The lowest BCUT2D eigenvalue weighted by Crippen LogP contribution is -2.25. The molecule has 0 saturated heterocycles. The van der Waals surface area contributed by atoms with Crippen molar-refractivity contribution in [3.05, 3.63) is 44.8 Å². The Morgan fingerprint density at radius 3 is 2.55 bits per heavy atom. The second-order valence-electron chi connectivity index (χ2n) is 5.36. The molecule has 1 unspecified atom stereocenters. The monoisotopic (exact) mass is 399 g/mol. The molecular formula is C17H22INS. The number of benzene rings is 1. The molecule has 0 saturated carbocycles. The van der Waals surface area contributed by atoms with Crippen LogP contribution in [0.25, 0.3) is 10.4 Å². The highest BCUT2D eigenvalue weighted by Gasteiger charge is 2.17. The van der Waals surface area contributed by atoms with E-state index < -0.39 is 0 Å². The molecule has 1 aromatic carbocycles. The van der Waals surface area contributed by atoms with Gasteiger partial charge in [-0.3, -0.25) is 0 Å². The predicted molar refractivity (Wildman–Crippen MR) is 98.3 cm³/mol. The van der Waals surface area contributed by atoms with Gasteiger partial charge >= 0.3 is 0 Å². The molecule has 0 aliphatic carbocycles. The van der Waals surface area contributed by atoms with Crippen LogP contribution in [0, 0.1) is 9.49 Å². The van der Waals surface area contributed by atoms with E-state index in [-0.39, 0.29) is 0 Å². The first-order chi connectivity index (χ1) is 9.63. The molecular weight excluding hydrogens is 377 g/mol. The highest BCUT2D eigenvalue weighted by molar-refractivity contribution is 14.1. The van der Waals surface area contributed by atoms with Gasteiger partial charge in [-0.15, -0.1) is 11.3 Å². The van der Waals surface area contributed by atoms with Gasteiger partial charge in [-0.1, -0.05) is 39.0 Å². The maximum absolute atomic E-state index is 3.67. The molecule has 0 amide bonds. The van der Waals surface area contributed by atoms with Crippen molar-refractivity contribution in [3.63, 3.8) is 0 Å². The summed E-state index contributed by atoms with van der Waals surface area (Å²) in [5, 5.41) is 3.67. The molecule has 20 heavy (non-hydrogen) atoms. The summed E-state index contributed by atoms with van der Waals surface area (Å²) in [4.78, 5) is 2.82. The fraction of sp³-hybridized carbons (Fsp3) is 0.412. The standard InChI is InChI=1S/C17H22INS/c1-4-11-19-17(12(2)3)16-10-9-15(20-16)13-7-5-6-8-14(13)18/h5-10,12,17,19H,4,11H2,1-3H3. The molecule has 1 heterocycles. The lowest BCUT2D eigenvalue weighted by Gasteiger charge is -2.21. The van der Waals surface area contributed by atoms with Crippen LogP contribution in [-0.2, 0) is 0 Å². The van der Waals surface area contributed by atoms with E-state index >= 15 is 0 Å². The minimum atomic E-state index is 0.468. The zero-order valence-corrected chi connectivity index (χ0v) is 15.3. The number of thiophene rings is 1. The molecule has 2 rings (SSSR count). The van der Waals surface area contributed by atoms with E-state index in [1.165, 1.54) is 25.3 Å². The van der Waals surface area contributed by atoms with Crippen molar-refractivity contribution in [1.29, 1.82) is 0 Å². The van der Waals surface area contributed by atoms with Crippen molar-refractivity contribution in [3.8, 4) is 10.4 Å². The van der Waals surface area contributed by atoms with Crippen molar-refractivity contribution in [2.75, 3.05) is 6.54 Å². The van der Waals surface area contributed by atoms with Gasteiger partial charge in [-0.05, 0) is 59.7 Å². The lowest BCUT2D eigenvalue weighted by molar-refractivity contribution is 0.418. The van der Waals surface area contributed by atoms with E-state index in [1.54, 1.807) is 0 Å². The van der Waals surface area contributed by atoms with Gasteiger partial charge in [0.2, 0.25) is 0 Å². The van der Waals surface area contributed by atoms with Crippen LogP contribution in [0.5, 0.6) is 0 Å². The van der Waals surface area contributed by atoms with E-state index in [0.717, 1.165) is 6.54 Å². The Morgan fingerprint density at radius 2 is 1.90 bits per heavy atom. The van der Waals surface area contributed by atoms with Gasteiger partial charge < -0.3 is 5.32 Å². The molecule has 1 aromatic heterocycles. The number of hydrogen-bond acceptors (Lipinski definition) is 2. The summed E-state index contributed by atoms with van der Waals surface area (Å²) in [5.41, 5.74) is 1.35. The first kappa shape index (κ1) is 16.0. The highest BCUT2D eigenvalue weighted by Crippen LogP contribution is 2.35. The molecule has 0 bridgehead atoms. The third-order valence-electron chi connectivity index (χ3n) is 3.35. The van der Waals surface area contributed by atoms with Crippen molar-refractivity contribution in [2.45, 2.75) is 33.2 Å². The van der Waals surface area contributed by atoms with Gasteiger partial charge in [0, 0.05) is 24.9 Å². The minimum Gasteiger partial charge on any atom is -0.309 e. The van der Waals surface area contributed by atoms with Crippen LogP contribution < -0.4 is 5.32 Å². The highest BCUT2D eigenvalue weighted by atomic mass is 127. The van der Waals surface area contributed by atoms with Crippen LogP contribution in [0.3, 0.4) is 0 Å². The molecule has 2 aromatic rings. The van der Waals surface area contributed by atoms with Crippen molar-refractivity contribution in [1.82, 2.24) is 5.32 Å². The van der Waals surface area contributed by atoms with Crippen LogP contribution in [0.15, 0.2) is 36.4 Å². The van der Waals surface area contributed by atoms with Gasteiger partial charge in [0.1, 0.15) is 0 Å². The summed E-state index contributed by atoms with van der Waals surface area (Å²) in [7, 11) is 0. The van der Waals surface area contributed by atoms with Crippen LogP contribution in [0.4, 0.5) is 0 Å². The lowest BCUT2D eigenvalue weighted by atomic mass is 10.0. The first-order valence-corrected chi connectivity index (χ1v) is 9.11. The first-order valence-electron chi connectivity index (χ1n) is 7.21. The molecule has 0 aliphatic rings. The average Bonchev–Trinajstić information content (AvgIpc) is 2.88. The third-order valence-corrected chi connectivity index (χ3v) is 5.50. The minimum absolute atomic E-state index is 0.468. The van der Waals surface area contributed by atoms with Crippen LogP contribution in [0.2, 0.25) is 0 Å². The number of hydrogen-bond donors (Lipinski definition) is 1. The molecule has 0 aliphatic heterocycles. The average molecular weight is 399 g/mol. The molecule has 3 heteroatoms. The van der Waals surface area contributed by atoms with Crippen molar-refractivity contribution >= 4 is 33.9 Å². The molecule has 0 spiro atoms. The molecule has 0 radical (unpaired) electrons. The van der Waals surface area contributed by atoms with Gasteiger partial charge in [0.25, 0.3) is 0 Å². The fourth-order valence-corrected chi connectivity index (χ4v) is 4.45. The van der Waals surface area contributed by atoms with Crippen LogP contribution >= 0.6 is 33.9 Å². The van der Waals surface area contributed by atoms with Crippen molar-refractivity contribution in [2.24, 2.45) is 5.92 Å². The Kier molecular flexibility index (Phi) is 6.05. The quantitative estimate of drug-likeness (QED) is 0.613. The topological polar surface area (TPSA) is 12.0 Å². The van der Waals surface area contributed by atoms with E-state index in [4.69, 9.17) is 0 Å². The predicted octanol–water partition coefficient (Wildman–Crippen LogP) is 5.72. The normalized spacial score (nSPS) is 12.8. The smallest absolute Gasteiger partial charge is 0.0438 e. The Balaban J connectivity index is 2.25. The molecule has 108 valence electrons. The number of rotatable bonds is 6. The molecule has 0 fully saturated rings. The zero-order chi connectivity index (χ0) is 14.5. The molecule has 1 N–H and O–H groups in total. The summed E-state index contributed by atoms with van der Waals surface area (Å²) in [6, 6.07) is 13.6. The summed E-state index contributed by atoms with van der Waals surface area (Å²) < 4.78 is 1.32. The van der Waals surface area contributed by atoms with Gasteiger partial charge in [-0.25, -0.2) is 0 Å². The Morgan fingerprint density at radius 1 is 1.15 bits per heavy atom. The van der Waals surface area contributed by atoms with Gasteiger partial charge in [0.15, 0.2) is 0 Å². The fourth-order valence-electron chi connectivity index (χ4n) is 2.29. The Hall–Kier alpha value is -0.390. The summed E-state index contributed by atoms with van der Waals surface area (Å²) in [6.07, 6.45) is 1.18. The summed E-state index contributed by atoms with van der Waals surface area (Å²) in [6.45, 7) is 7.88. The molecule has 1 nitrogen and oxygen atoms in total. The Labute approximate surface area is 139 Å². The number of nitrogens with one attached hydrogen (secondary N) is 1. The van der Waals surface area contributed by atoms with E-state index in [9.17, 15) is 0 Å². The summed E-state index contributed by atoms with van der Waals surface area (Å²) >= 11 is 4.34. The third kappa shape index (κ3) is 3.83. The number of halogens is 1. The van der Waals surface area contributed by atoms with Gasteiger partial charge in [-0.2, -0.15) is 0 Å². The van der Waals surface area contributed by atoms with E-state index in [2.05, 4.69) is 85.1 Å². The SMILES string of the molecule is CCCNC(c1ccc(-c2ccccc2I)s1)C(C)C. The second-order valence-corrected chi connectivity index (χ2v) is 7.64. The van der Waals surface area contributed by atoms with Crippen molar-refractivity contribution < 1.29 is 0 Å². The van der Waals surface area contributed by atoms with Crippen LogP contribution in [-0.4, -0.2) is 6.54 Å². The second kappa shape index (κ2) is 7.57. The van der Waals surface area contributed by atoms with Crippen LogP contribution in [0.1, 0.15) is 38.1 Å². The van der Waals surface area contributed by atoms with Gasteiger partial charge in [0.05, 0.1) is 0 Å². The molecule has 1 atom stereocenters. The van der Waals surface area contributed by atoms with E-state index in [1.807, 2.05) is 11.3 Å². The maximum Gasteiger partial charge on any atom is 0.0438 e. The maximum atomic E-state index is 3.67. The largest absolute Gasteiger partial charge is 0.309 e. The van der Waals surface area contributed by atoms with E-state index in [0.29, 0.717) is 12.0 Å².